The van der Waals surface area contributed by atoms with Crippen LogP contribution in [0.1, 0.15) is 59.8 Å². The Hall–Kier alpha value is -1.54. The highest BCUT2D eigenvalue weighted by atomic mass is 31.0. The monoisotopic (exact) mass is 504 g/mol. The summed E-state index contributed by atoms with van der Waals surface area (Å²) in [5, 5.41) is 0. The van der Waals surface area contributed by atoms with Gasteiger partial charge in [-0.15, -0.1) is 0 Å². The van der Waals surface area contributed by atoms with Crippen LogP contribution in [0.25, 0.3) is 0 Å². The molecule has 1 unspecified atom stereocenters. The zero-order valence-electron chi connectivity index (χ0n) is 21.8. The van der Waals surface area contributed by atoms with Crippen molar-refractivity contribution in [2.45, 2.75) is 90.3 Å². The van der Waals surface area contributed by atoms with E-state index in [-0.39, 0.29) is 42.2 Å². The van der Waals surface area contributed by atoms with Crippen molar-refractivity contribution < 1.29 is 33.3 Å². The van der Waals surface area contributed by atoms with Crippen LogP contribution in [0.5, 0.6) is 0 Å². The largest absolute Gasteiger partial charge is 0.462 e. The van der Waals surface area contributed by atoms with E-state index < -0.39 is 11.8 Å². The molecule has 0 bridgehead atoms. The number of nitrogens with two attached hydrogens (primary N) is 1. The molecule has 10 heteroatoms. The van der Waals surface area contributed by atoms with Crippen molar-refractivity contribution in [2.75, 3.05) is 21.3 Å². The smallest absolute Gasteiger partial charge is 0.320 e. The van der Waals surface area contributed by atoms with Gasteiger partial charge in [0.25, 0.3) is 0 Å². The number of methoxy groups -OCH3 is 2. The zero-order valence-corrected chi connectivity index (χ0v) is 22.9. The molecule has 0 aromatic heterocycles. The molecule has 0 aromatic carbocycles. The maximum absolute atomic E-state index is 11.8. The lowest BCUT2D eigenvalue weighted by atomic mass is 9.86. The van der Waals surface area contributed by atoms with Crippen molar-refractivity contribution >= 4 is 27.3 Å². The maximum Gasteiger partial charge on any atom is 0.320 e. The first-order valence-electron chi connectivity index (χ1n) is 11.9. The van der Waals surface area contributed by atoms with Gasteiger partial charge < -0.3 is 29.6 Å². The van der Waals surface area contributed by atoms with Crippen LogP contribution in [0.4, 0.5) is 4.79 Å². The van der Waals surface area contributed by atoms with Crippen molar-refractivity contribution in [1.82, 2.24) is 4.90 Å². The molecule has 0 aliphatic carbocycles. The first kappa shape index (κ1) is 32.5. The number of nitrogens with zero attached hydrogens (tertiary/aromatic N) is 1. The Kier molecular flexibility index (Phi) is 17.0. The van der Waals surface area contributed by atoms with Gasteiger partial charge in [-0.25, -0.2) is 4.79 Å². The molecule has 0 rings (SSSR count). The summed E-state index contributed by atoms with van der Waals surface area (Å²) < 4.78 is 22.4. The van der Waals surface area contributed by atoms with Crippen molar-refractivity contribution in [3.8, 4) is 0 Å². The van der Waals surface area contributed by atoms with Crippen LogP contribution < -0.4 is 5.73 Å². The van der Waals surface area contributed by atoms with E-state index in [0.717, 1.165) is 0 Å². The maximum atomic E-state index is 11.8. The standard InChI is InChI=1S/C24H45N2O7P/c1-8-18(32-22(28)9-2)14-21(30-6)19(25)10-11-20(33-24(29)34)17(4)23(31-7)16(3)12-13-26(5)15-27/h12-13,15-21,23H,8-11,14,25,34H2,1-7H3/b13-12+/t16-,17+,18-,19+,20-,21+,23-/m1/s1. The number of amides is 1. The molecule has 0 radical (unpaired) electrons. The van der Waals surface area contributed by atoms with Gasteiger partial charge in [0.2, 0.25) is 6.41 Å². The van der Waals surface area contributed by atoms with Crippen molar-refractivity contribution in [3.63, 3.8) is 0 Å². The average molecular weight is 505 g/mol. The van der Waals surface area contributed by atoms with E-state index >= 15 is 0 Å². The molecule has 0 spiro atoms. The molecular weight excluding hydrogens is 459 g/mol. The lowest BCUT2D eigenvalue weighted by Crippen LogP contribution is -2.42. The van der Waals surface area contributed by atoms with Crippen LogP contribution in [0.15, 0.2) is 12.3 Å². The zero-order chi connectivity index (χ0) is 26.3. The molecule has 0 aromatic rings. The molecule has 1 amide bonds. The summed E-state index contributed by atoms with van der Waals surface area (Å²) in [5.74, 6) is -0.422. The fourth-order valence-electron chi connectivity index (χ4n) is 3.93. The van der Waals surface area contributed by atoms with E-state index in [4.69, 9.17) is 24.7 Å². The fourth-order valence-corrected chi connectivity index (χ4v) is 4.10. The second-order valence-corrected chi connectivity index (χ2v) is 9.10. The number of carbonyl (C=O) groups is 3. The minimum atomic E-state index is -0.454. The summed E-state index contributed by atoms with van der Waals surface area (Å²) >= 11 is 0. The minimum absolute atomic E-state index is 0.0351. The molecule has 0 heterocycles. The van der Waals surface area contributed by atoms with E-state index in [1.165, 1.54) is 4.90 Å². The molecule has 198 valence electrons. The van der Waals surface area contributed by atoms with Gasteiger partial charge in [0, 0.05) is 58.2 Å². The van der Waals surface area contributed by atoms with Crippen LogP contribution in [-0.2, 0) is 28.5 Å². The SMILES string of the molecule is CCC(=O)O[C@H](CC)C[C@H](OC)[C@@H](N)CC[C@@H](OC(=O)P)[C@H](C)[C@H](OC)[C@H](C)/C=C/N(C)C=O. The van der Waals surface area contributed by atoms with Crippen LogP contribution in [0.2, 0.25) is 0 Å². The predicted molar refractivity (Wildman–Crippen MR) is 135 cm³/mol. The van der Waals surface area contributed by atoms with Crippen LogP contribution >= 0.6 is 9.24 Å². The number of esters is 1. The number of rotatable bonds is 18. The summed E-state index contributed by atoms with van der Waals surface area (Å²) in [5.41, 5.74) is 5.99. The lowest BCUT2D eigenvalue weighted by molar-refractivity contribution is -0.150. The molecule has 9 nitrogen and oxygen atoms in total. The molecule has 2 N–H and O–H groups in total. The summed E-state index contributed by atoms with van der Waals surface area (Å²) in [6.07, 6.45) is 5.56. The summed E-state index contributed by atoms with van der Waals surface area (Å²) in [7, 11) is 6.90. The summed E-state index contributed by atoms with van der Waals surface area (Å²) in [4.78, 5) is 35.7. The number of hydrogen-bond donors (Lipinski definition) is 1. The van der Waals surface area contributed by atoms with Crippen LogP contribution in [-0.4, -0.2) is 74.7 Å². The molecule has 0 saturated carbocycles. The van der Waals surface area contributed by atoms with E-state index in [1.807, 2.05) is 36.1 Å². The van der Waals surface area contributed by atoms with E-state index in [0.29, 0.717) is 38.5 Å². The third-order valence-corrected chi connectivity index (χ3v) is 6.19. The Morgan fingerprint density at radius 2 is 1.71 bits per heavy atom. The predicted octanol–water partition coefficient (Wildman–Crippen LogP) is 3.50. The second kappa shape index (κ2) is 17.8. The lowest BCUT2D eigenvalue weighted by Gasteiger charge is -2.33. The molecule has 8 atom stereocenters. The van der Waals surface area contributed by atoms with Crippen molar-refractivity contribution in [1.29, 1.82) is 0 Å². The Morgan fingerprint density at radius 1 is 1.06 bits per heavy atom. The van der Waals surface area contributed by atoms with Gasteiger partial charge in [-0.3, -0.25) is 9.59 Å². The van der Waals surface area contributed by atoms with E-state index in [9.17, 15) is 14.4 Å². The average Bonchev–Trinajstić information content (AvgIpc) is 2.82. The van der Waals surface area contributed by atoms with Gasteiger partial charge in [0.05, 0.1) is 12.2 Å². The van der Waals surface area contributed by atoms with Crippen molar-refractivity contribution in [2.24, 2.45) is 17.6 Å². The number of carbonyl (C=O) groups excluding carboxylic acids is 3. The van der Waals surface area contributed by atoms with Gasteiger partial charge >= 0.3 is 11.7 Å². The topological polar surface area (TPSA) is 117 Å². The molecular formula is C24H45N2O7P. The first-order chi connectivity index (χ1) is 16.0. The Labute approximate surface area is 207 Å². The van der Waals surface area contributed by atoms with Crippen LogP contribution in [0.3, 0.4) is 0 Å². The number of hydrogen-bond acceptors (Lipinski definition) is 8. The van der Waals surface area contributed by atoms with E-state index in [1.54, 1.807) is 34.4 Å². The van der Waals surface area contributed by atoms with E-state index in [2.05, 4.69) is 0 Å². The summed E-state index contributed by atoms with van der Waals surface area (Å²) in [6.45, 7) is 7.66. The molecule has 0 saturated heterocycles. The minimum Gasteiger partial charge on any atom is -0.462 e. The Morgan fingerprint density at radius 3 is 2.18 bits per heavy atom. The highest BCUT2D eigenvalue weighted by Crippen LogP contribution is 2.27. The highest BCUT2D eigenvalue weighted by Gasteiger charge is 2.32. The third kappa shape index (κ3) is 12.2. The third-order valence-electron chi connectivity index (χ3n) is 6.06. The van der Waals surface area contributed by atoms with Crippen LogP contribution in [0, 0.1) is 11.8 Å². The Bertz CT molecular complexity index is 634. The normalized spacial score (nSPS) is 17.8. The van der Waals surface area contributed by atoms with Gasteiger partial charge in [-0.1, -0.05) is 33.8 Å². The molecule has 0 aliphatic rings. The van der Waals surface area contributed by atoms with Gasteiger partial charge in [0.1, 0.15) is 12.2 Å². The second-order valence-electron chi connectivity index (χ2n) is 8.63. The summed E-state index contributed by atoms with van der Waals surface area (Å²) in [6, 6.07) is -0.336. The molecule has 34 heavy (non-hydrogen) atoms. The van der Waals surface area contributed by atoms with Gasteiger partial charge in [-0.05, 0) is 28.5 Å². The molecule has 0 fully saturated rings. The fraction of sp³-hybridized carbons (Fsp3) is 0.792. The van der Waals surface area contributed by atoms with Gasteiger partial charge in [0.15, 0.2) is 0 Å². The quantitative estimate of drug-likeness (QED) is 0.171. The van der Waals surface area contributed by atoms with Crippen molar-refractivity contribution in [3.05, 3.63) is 12.3 Å². The van der Waals surface area contributed by atoms with Gasteiger partial charge in [-0.2, -0.15) is 0 Å². The molecule has 0 aliphatic heterocycles. The first-order valence-corrected chi connectivity index (χ1v) is 12.4. The Balaban J connectivity index is 5.29. The number of ether oxygens (including phenoxy) is 4. The highest BCUT2D eigenvalue weighted by molar-refractivity contribution is 7.39.